The molecular formula is C52H54F4N6O8. The number of amides is 2. The second-order valence-electron chi connectivity index (χ2n) is 18.0. The number of halogens is 4. The van der Waals surface area contributed by atoms with Crippen LogP contribution in [-0.4, -0.2) is 114 Å². The highest BCUT2D eigenvalue weighted by molar-refractivity contribution is 6.01. The lowest BCUT2D eigenvalue weighted by Gasteiger charge is -2.41. The van der Waals surface area contributed by atoms with Gasteiger partial charge in [-0.25, -0.2) is 27.2 Å². The number of piperidine rings is 1. The summed E-state index contributed by atoms with van der Waals surface area (Å²) in [7, 11) is 1.37. The molecule has 0 bridgehead atoms. The number of nitrogens with one attached hydrogen (secondary N) is 1. The molecule has 3 fully saturated rings. The maximum atomic E-state index is 17.6. The number of fused-ring (bicyclic) bond motifs is 3. The lowest BCUT2D eigenvalue weighted by Crippen LogP contribution is -2.61. The molecule has 0 spiro atoms. The summed E-state index contributed by atoms with van der Waals surface area (Å²) >= 11 is 0. The van der Waals surface area contributed by atoms with E-state index in [9.17, 15) is 16.7 Å². The van der Waals surface area contributed by atoms with Crippen LogP contribution < -0.4 is 19.5 Å². The summed E-state index contributed by atoms with van der Waals surface area (Å²) in [6, 6.07) is 22.5. The molecule has 3 aliphatic heterocycles. The number of benzene rings is 4. The number of hydrogen-bond acceptors (Lipinski definition) is 12. The molecule has 14 nitrogen and oxygen atoms in total. The van der Waals surface area contributed by atoms with E-state index in [-0.39, 0.29) is 104 Å². The van der Waals surface area contributed by atoms with E-state index >= 15 is 13.2 Å². The second kappa shape index (κ2) is 21.1. The molecule has 6 aromatic rings. The molecule has 0 aliphatic carbocycles. The first-order chi connectivity index (χ1) is 35.4. The predicted molar refractivity (Wildman–Crippen MR) is 251 cm³/mol. The second-order valence-corrected chi connectivity index (χ2v) is 18.0. The third-order valence-corrected chi connectivity index (χ3v) is 12.7. The van der Waals surface area contributed by atoms with Crippen LogP contribution in [0.2, 0.25) is 0 Å². The van der Waals surface area contributed by atoms with Crippen molar-refractivity contribution in [3.05, 3.63) is 119 Å². The standard InChI is InChI=1S/C52H54F4N6O8/c1-51(23-36(53)26-61(30-51)50(64)68-29-34-13-7-4-8-14-34)60-49(63)66-20-9-15-39-42(55)17-16-35-21-38(70-32-65-2)22-40(43(35)39)45-44(56)46-41(25-57-45)47(67-28-33-11-5-3-6-12-33)59-48(58-46)69-31-52-18-10-19-62(52)27-37(54)24-52/h3-8,11-14,16-17,21-22,25,36-37H,9-10,15,18-20,23-24,26-32H2,1-2H3,(H,60,63)/t36-,37-,51-,52+/m1/s1/i9D2,15D2. The van der Waals surface area contributed by atoms with Crippen molar-refractivity contribution in [1.29, 1.82) is 0 Å². The normalized spacial score (nSPS) is 22.4. The van der Waals surface area contributed by atoms with Crippen molar-refractivity contribution in [1.82, 2.24) is 30.1 Å². The third-order valence-electron chi connectivity index (χ3n) is 12.7. The van der Waals surface area contributed by atoms with E-state index in [4.69, 9.17) is 31.2 Å². The van der Waals surface area contributed by atoms with E-state index < -0.39 is 77.9 Å². The van der Waals surface area contributed by atoms with Gasteiger partial charge in [0.25, 0.3) is 0 Å². The van der Waals surface area contributed by atoms with Crippen molar-refractivity contribution >= 4 is 33.9 Å². The summed E-state index contributed by atoms with van der Waals surface area (Å²) in [5, 5.41) is 2.27. The zero-order chi connectivity index (χ0) is 52.4. The maximum absolute atomic E-state index is 17.6. The van der Waals surface area contributed by atoms with Crippen LogP contribution in [0, 0.1) is 11.6 Å². The Labute approximate surface area is 407 Å². The van der Waals surface area contributed by atoms with E-state index in [1.807, 2.05) is 35.2 Å². The number of pyridine rings is 1. The number of hydrogen-bond donors (Lipinski definition) is 1. The number of aryl methyl sites for hydroxylation is 1. The Morgan fingerprint density at radius 1 is 0.900 bits per heavy atom. The van der Waals surface area contributed by atoms with E-state index in [0.717, 1.165) is 23.0 Å². The van der Waals surface area contributed by atoms with Crippen LogP contribution in [-0.2, 0) is 33.8 Å². The first kappa shape index (κ1) is 43.2. The Bertz CT molecular complexity index is 3030. The third kappa shape index (κ3) is 10.8. The Kier molecular flexibility index (Phi) is 13.0. The summed E-state index contributed by atoms with van der Waals surface area (Å²) < 4.78 is 134. The van der Waals surface area contributed by atoms with Crippen LogP contribution in [0.3, 0.4) is 0 Å². The Morgan fingerprint density at radius 2 is 1.66 bits per heavy atom. The van der Waals surface area contributed by atoms with Gasteiger partial charge >= 0.3 is 18.2 Å². The largest absolute Gasteiger partial charge is 0.472 e. The SMILES string of the molecule is [2H]C([2H])(COC(=O)N[C@]1(C)C[C@@H](F)CN(C(=O)OCc2ccccc2)C1)C([2H])([2H])c1c(F)ccc2cc(OCOC)cc(-c3ncc4c(OCc5ccccc5)nc(OC[C@@]56CCCN5C[C@H](F)C6)nc4c3F)c12. The molecule has 3 saturated heterocycles. The number of likely N-dealkylation sites (tertiary alicyclic amines) is 1. The van der Waals surface area contributed by atoms with Crippen LogP contribution in [0.5, 0.6) is 17.6 Å². The molecule has 9 rings (SSSR count). The monoisotopic (exact) mass is 970 g/mol. The zero-order valence-electron chi connectivity index (χ0n) is 42.5. The van der Waals surface area contributed by atoms with E-state index in [1.165, 1.54) is 38.4 Å². The molecule has 5 heterocycles. The summed E-state index contributed by atoms with van der Waals surface area (Å²) in [5.41, 5.74) is -2.51. The maximum Gasteiger partial charge on any atom is 0.410 e. The van der Waals surface area contributed by atoms with Crippen molar-refractivity contribution in [2.75, 3.05) is 53.3 Å². The summed E-state index contributed by atoms with van der Waals surface area (Å²) in [4.78, 5) is 42.9. The highest BCUT2D eigenvalue weighted by Gasteiger charge is 2.49. The summed E-state index contributed by atoms with van der Waals surface area (Å²) in [6.45, 7) is 0.274. The van der Waals surface area contributed by atoms with Crippen molar-refractivity contribution in [2.24, 2.45) is 0 Å². The topological polar surface area (TPSA) is 147 Å². The number of methoxy groups -OCH3 is 1. The average Bonchev–Trinajstić information content (AvgIpc) is 3.92. The van der Waals surface area contributed by atoms with Gasteiger partial charge in [-0.3, -0.25) is 9.88 Å². The number of nitrogens with zero attached hydrogens (tertiary/aromatic N) is 5. The van der Waals surface area contributed by atoms with E-state index in [2.05, 4.69) is 20.3 Å². The van der Waals surface area contributed by atoms with Crippen LogP contribution >= 0.6 is 0 Å². The van der Waals surface area contributed by atoms with Crippen molar-refractivity contribution in [3.63, 3.8) is 0 Å². The minimum absolute atomic E-state index is 0.00718. The smallest absolute Gasteiger partial charge is 0.410 e. The lowest BCUT2D eigenvalue weighted by atomic mass is 9.90. The first-order valence-corrected chi connectivity index (χ1v) is 22.9. The van der Waals surface area contributed by atoms with Gasteiger partial charge in [0.15, 0.2) is 12.6 Å². The molecular weight excluding hydrogens is 913 g/mol. The quantitative estimate of drug-likeness (QED) is 0.0686. The van der Waals surface area contributed by atoms with Gasteiger partial charge in [-0.2, -0.15) is 9.97 Å². The van der Waals surface area contributed by atoms with E-state index in [1.54, 1.807) is 30.3 Å². The molecule has 0 unspecified atom stereocenters. The molecule has 0 saturated carbocycles. The molecule has 0 radical (unpaired) electrons. The van der Waals surface area contributed by atoms with Gasteiger partial charge in [0.1, 0.15) is 54.9 Å². The Hall–Kier alpha value is -6.79. The minimum Gasteiger partial charge on any atom is -0.472 e. The fraction of sp³-hybridized carbons (Fsp3) is 0.404. The van der Waals surface area contributed by atoms with Gasteiger partial charge in [0, 0.05) is 50.3 Å². The fourth-order valence-electron chi connectivity index (χ4n) is 9.57. The lowest BCUT2D eigenvalue weighted by molar-refractivity contribution is 0.0385. The van der Waals surface area contributed by atoms with Crippen molar-refractivity contribution in [2.45, 2.75) is 82.0 Å². The molecule has 4 aromatic carbocycles. The highest BCUT2D eigenvalue weighted by atomic mass is 19.1. The molecule has 2 amide bonds. The zero-order valence-corrected chi connectivity index (χ0v) is 38.5. The number of aromatic nitrogens is 3. The van der Waals surface area contributed by atoms with Crippen molar-refractivity contribution in [3.8, 4) is 28.9 Å². The number of rotatable bonds is 17. The predicted octanol–water partition coefficient (Wildman–Crippen LogP) is 9.44. The van der Waals surface area contributed by atoms with Gasteiger partial charge in [-0.15, -0.1) is 0 Å². The van der Waals surface area contributed by atoms with Gasteiger partial charge in [-0.1, -0.05) is 66.7 Å². The van der Waals surface area contributed by atoms with Crippen LogP contribution in [0.25, 0.3) is 32.9 Å². The molecule has 3 aliphatic rings. The van der Waals surface area contributed by atoms with Gasteiger partial charge in [-0.05, 0) is 84.7 Å². The van der Waals surface area contributed by atoms with Crippen LogP contribution in [0.4, 0.5) is 27.2 Å². The van der Waals surface area contributed by atoms with Gasteiger partial charge in [0.05, 0.1) is 29.6 Å². The Balaban J connectivity index is 1.03. The van der Waals surface area contributed by atoms with Gasteiger partial charge in [0.2, 0.25) is 5.88 Å². The molecule has 2 aromatic heterocycles. The van der Waals surface area contributed by atoms with Crippen LogP contribution in [0.15, 0.2) is 91.1 Å². The highest BCUT2D eigenvalue weighted by Crippen LogP contribution is 2.42. The summed E-state index contributed by atoms with van der Waals surface area (Å²) in [6.07, 6.45) is -8.55. The van der Waals surface area contributed by atoms with Crippen molar-refractivity contribution < 1.29 is 61.1 Å². The number of carbonyl (C=O) groups is 2. The fourth-order valence-corrected chi connectivity index (χ4v) is 9.57. The molecule has 1 N–H and O–H groups in total. The van der Waals surface area contributed by atoms with Crippen LogP contribution in [0.1, 0.15) is 61.2 Å². The first-order valence-electron chi connectivity index (χ1n) is 24.9. The van der Waals surface area contributed by atoms with E-state index in [0.29, 0.717) is 18.5 Å². The average molecular weight is 971 g/mol. The minimum atomic E-state index is -3.35. The summed E-state index contributed by atoms with van der Waals surface area (Å²) in [5.74, 6) is -2.36. The van der Waals surface area contributed by atoms with Gasteiger partial charge < -0.3 is 38.6 Å². The molecule has 18 heteroatoms. The molecule has 4 atom stereocenters. The Morgan fingerprint density at radius 3 is 2.43 bits per heavy atom. The molecule has 368 valence electrons. The molecule has 70 heavy (non-hydrogen) atoms. The number of ether oxygens (including phenoxy) is 6. The number of alkyl halides is 2. The number of carbonyl (C=O) groups excluding carboxylic acids is 2. The number of alkyl carbamates (subject to hydrolysis) is 1.